The number of ether oxygens (including phenoxy) is 1. The van der Waals surface area contributed by atoms with E-state index in [2.05, 4.69) is 0 Å². The summed E-state index contributed by atoms with van der Waals surface area (Å²) in [6.07, 6.45) is 2.58. The lowest BCUT2D eigenvalue weighted by molar-refractivity contribution is -0.151. The highest BCUT2D eigenvalue weighted by Gasteiger charge is 2.31. The Labute approximate surface area is 122 Å². The Morgan fingerprint density at radius 3 is 2.84 bits per heavy atom. The van der Waals surface area contributed by atoms with Gasteiger partial charge in [0.25, 0.3) is 0 Å². The molecule has 0 aromatic rings. The Hall–Kier alpha value is -0.820. The zero-order valence-electron chi connectivity index (χ0n) is 11.0. The number of carboxylic acids is 1. The molecule has 1 aliphatic heterocycles. The van der Waals surface area contributed by atoms with Gasteiger partial charge in [0.05, 0.1) is 6.61 Å². The lowest BCUT2D eigenvalue weighted by atomic mass is 10.0. The molecule has 0 aliphatic carbocycles. The van der Waals surface area contributed by atoms with Crippen molar-refractivity contribution in [2.75, 3.05) is 18.9 Å². The summed E-state index contributed by atoms with van der Waals surface area (Å²) in [5, 5.41) is 9.10. The predicted octanol–water partition coefficient (Wildman–Crippen LogP) is 1.90. The fourth-order valence-corrected chi connectivity index (χ4v) is 3.02. The first kappa shape index (κ1) is 16.2. The first-order valence-electron chi connectivity index (χ1n) is 6.38. The summed E-state index contributed by atoms with van der Waals surface area (Å²) in [7, 11) is 0. The molecule has 0 spiro atoms. The quantitative estimate of drug-likeness (QED) is 0.783. The molecule has 1 atom stereocenters. The number of rotatable bonds is 5. The van der Waals surface area contributed by atoms with Crippen molar-refractivity contribution in [1.29, 1.82) is 0 Å². The molecule has 0 aromatic heterocycles. The molecule has 0 bridgehead atoms. The van der Waals surface area contributed by atoms with E-state index >= 15 is 0 Å². The van der Waals surface area contributed by atoms with Crippen LogP contribution >= 0.6 is 24.0 Å². The van der Waals surface area contributed by atoms with Crippen LogP contribution in [-0.4, -0.2) is 51.2 Å². The van der Waals surface area contributed by atoms with Crippen molar-refractivity contribution < 1.29 is 19.4 Å². The summed E-state index contributed by atoms with van der Waals surface area (Å²) >= 11 is 6.27. The minimum atomic E-state index is -0.912. The Morgan fingerprint density at radius 1 is 1.47 bits per heavy atom. The molecule has 108 valence electrons. The maximum Gasteiger partial charge on any atom is 0.326 e. The van der Waals surface area contributed by atoms with Crippen LogP contribution in [0, 0.1) is 0 Å². The van der Waals surface area contributed by atoms with E-state index in [1.54, 1.807) is 0 Å². The van der Waals surface area contributed by atoms with Crippen LogP contribution < -0.4 is 0 Å². The number of piperidine rings is 1. The fourth-order valence-electron chi connectivity index (χ4n) is 2.01. The van der Waals surface area contributed by atoms with Crippen molar-refractivity contribution in [3.05, 3.63) is 0 Å². The smallest absolute Gasteiger partial charge is 0.326 e. The summed E-state index contributed by atoms with van der Waals surface area (Å²) in [4.78, 5) is 24.6. The fraction of sp³-hybridized carbons (Fsp3) is 0.750. The second-order valence-electron chi connectivity index (χ2n) is 4.22. The van der Waals surface area contributed by atoms with Crippen molar-refractivity contribution in [1.82, 2.24) is 4.90 Å². The van der Waals surface area contributed by atoms with Crippen molar-refractivity contribution in [3.8, 4) is 0 Å². The minimum absolute atomic E-state index is 0.112. The number of carbonyl (C=O) groups excluding carboxylic acids is 1. The van der Waals surface area contributed by atoms with E-state index in [9.17, 15) is 9.59 Å². The SMILES string of the molecule is CCOC(=S)SCCC(=O)N1CCCCC1C(=O)O. The molecule has 0 radical (unpaired) electrons. The molecule has 1 rings (SSSR count). The first-order chi connectivity index (χ1) is 9.06. The number of carbonyl (C=O) groups is 2. The molecule has 1 heterocycles. The van der Waals surface area contributed by atoms with Gasteiger partial charge in [-0.3, -0.25) is 4.79 Å². The van der Waals surface area contributed by atoms with Crippen molar-refractivity contribution in [2.45, 2.75) is 38.6 Å². The van der Waals surface area contributed by atoms with Crippen LogP contribution in [0.15, 0.2) is 0 Å². The van der Waals surface area contributed by atoms with Crippen LogP contribution in [0.5, 0.6) is 0 Å². The molecule has 0 aromatic carbocycles. The van der Waals surface area contributed by atoms with E-state index in [4.69, 9.17) is 22.1 Å². The third-order valence-corrected chi connectivity index (χ3v) is 4.14. The molecule has 5 nitrogen and oxygen atoms in total. The molecule has 1 amide bonds. The highest BCUT2D eigenvalue weighted by atomic mass is 32.2. The molecule has 19 heavy (non-hydrogen) atoms. The third kappa shape index (κ3) is 5.36. The molecule has 1 N–H and O–H groups in total. The Kier molecular flexibility index (Phi) is 7.15. The number of carboxylic acid groups (broad SMARTS) is 1. The second kappa shape index (κ2) is 8.37. The van der Waals surface area contributed by atoms with Crippen LogP contribution in [0.25, 0.3) is 0 Å². The molecule has 1 saturated heterocycles. The number of likely N-dealkylation sites (tertiary alicyclic amines) is 1. The highest BCUT2D eigenvalue weighted by molar-refractivity contribution is 8.22. The van der Waals surface area contributed by atoms with Gasteiger partial charge in [0, 0.05) is 18.7 Å². The lowest BCUT2D eigenvalue weighted by Crippen LogP contribution is -2.48. The zero-order chi connectivity index (χ0) is 14.3. The number of amides is 1. The molecule has 7 heteroatoms. The average Bonchev–Trinajstić information content (AvgIpc) is 2.38. The first-order valence-corrected chi connectivity index (χ1v) is 7.77. The predicted molar refractivity (Wildman–Crippen MR) is 78.3 cm³/mol. The van der Waals surface area contributed by atoms with Crippen LogP contribution in [0.1, 0.15) is 32.6 Å². The van der Waals surface area contributed by atoms with E-state index < -0.39 is 12.0 Å². The Morgan fingerprint density at radius 2 is 2.21 bits per heavy atom. The van der Waals surface area contributed by atoms with Gasteiger partial charge in [0.2, 0.25) is 10.3 Å². The maximum atomic E-state index is 12.0. The molecular formula is C12H19NO4S2. The summed E-state index contributed by atoms with van der Waals surface area (Å²) in [6, 6.07) is -0.662. The van der Waals surface area contributed by atoms with Gasteiger partial charge in [-0.1, -0.05) is 11.8 Å². The van der Waals surface area contributed by atoms with Gasteiger partial charge in [-0.05, 0) is 38.4 Å². The third-order valence-electron chi connectivity index (χ3n) is 2.91. The maximum absolute atomic E-state index is 12.0. The zero-order valence-corrected chi connectivity index (χ0v) is 12.6. The van der Waals surface area contributed by atoms with E-state index in [0.717, 1.165) is 12.8 Å². The number of hydrogen-bond donors (Lipinski definition) is 1. The molecule has 0 saturated carbocycles. The number of nitrogens with zero attached hydrogens (tertiary/aromatic N) is 1. The monoisotopic (exact) mass is 305 g/mol. The summed E-state index contributed by atoms with van der Waals surface area (Å²) < 4.78 is 5.54. The number of aliphatic carboxylic acids is 1. The van der Waals surface area contributed by atoms with E-state index in [1.807, 2.05) is 6.92 Å². The van der Waals surface area contributed by atoms with Gasteiger partial charge < -0.3 is 14.7 Å². The summed E-state index contributed by atoms with van der Waals surface area (Å²) in [5.74, 6) is -0.495. The van der Waals surface area contributed by atoms with E-state index in [-0.39, 0.29) is 5.91 Å². The molecular weight excluding hydrogens is 286 g/mol. The molecule has 1 aliphatic rings. The Bertz CT molecular complexity index is 349. The van der Waals surface area contributed by atoms with Gasteiger partial charge in [0.1, 0.15) is 6.04 Å². The summed E-state index contributed by atoms with van der Waals surface area (Å²) in [6.45, 7) is 2.91. The van der Waals surface area contributed by atoms with Crippen molar-refractivity contribution in [2.24, 2.45) is 0 Å². The summed E-state index contributed by atoms with van der Waals surface area (Å²) in [5.41, 5.74) is 0. The largest absolute Gasteiger partial charge is 0.480 e. The second-order valence-corrected chi connectivity index (χ2v) is 5.92. The number of hydrogen-bond acceptors (Lipinski definition) is 5. The normalized spacial score (nSPS) is 19.0. The van der Waals surface area contributed by atoms with E-state index in [1.165, 1.54) is 16.7 Å². The van der Waals surface area contributed by atoms with Crippen LogP contribution in [0.2, 0.25) is 0 Å². The van der Waals surface area contributed by atoms with Crippen molar-refractivity contribution in [3.63, 3.8) is 0 Å². The van der Waals surface area contributed by atoms with E-state index in [0.29, 0.717) is 36.1 Å². The average molecular weight is 305 g/mol. The van der Waals surface area contributed by atoms with Gasteiger partial charge >= 0.3 is 5.97 Å². The molecule has 1 unspecified atom stereocenters. The number of thiocarbonyl (C=S) groups is 1. The minimum Gasteiger partial charge on any atom is -0.480 e. The lowest BCUT2D eigenvalue weighted by Gasteiger charge is -2.33. The van der Waals surface area contributed by atoms with Crippen LogP contribution in [0.3, 0.4) is 0 Å². The molecule has 1 fully saturated rings. The van der Waals surface area contributed by atoms with Crippen LogP contribution in [0.4, 0.5) is 0 Å². The standard InChI is InChI=1S/C12H19NO4S2/c1-2-17-12(18)19-8-6-10(14)13-7-4-3-5-9(13)11(15)16/h9H,2-8H2,1H3,(H,15,16). The van der Waals surface area contributed by atoms with Gasteiger partial charge in [-0.15, -0.1) is 0 Å². The van der Waals surface area contributed by atoms with Crippen LogP contribution in [-0.2, 0) is 14.3 Å². The Balaban J connectivity index is 2.38. The van der Waals surface area contributed by atoms with Gasteiger partial charge in [-0.2, -0.15) is 0 Å². The van der Waals surface area contributed by atoms with Gasteiger partial charge in [0.15, 0.2) is 0 Å². The number of thioether (sulfide) groups is 1. The highest BCUT2D eigenvalue weighted by Crippen LogP contribution is 2.19. The topological polar surface area (TPSA) is 66.8 Å². The van der Waals surface area contributed by atoms with Gasteiger partial charge in [-0.25, -0.2) is 4.79 Å². The van der Waals surface area contributed by atoms with Crippen molar-refractivity contribution >= 4 is 40.2 Å².